The van der Waals surface area contributed by atoms with E-state index in [2.05, 4.69) is 15.5 Å². The molecule has 0 aromatic heterocycles. The van der Waals surface area contributed by atoms with Crippen LogP contribution in [0.5, 0.6) is 5.75 Å². The molecule has 0 saturated heterocycles. The van der Waals surface area contributed by atoms with E-state index in [-0.39, 0.29) is 13.2 Å². The molecule has 0 spiro atoms. The lowest BCUT2D eigenvalue weighted by atomic mass is 10.2. The number of nitrogens with zero attached hydrogens (tertiary/aromatic N) is 2. The van der Waals surface area contributed by atoms with Crippen LogP contribution in [0.1, 0.15) is 11.1 Å². The van der Waals surface area contributed by atoms with E-state index in [0.717, 1.165) is 16.8 Å². The van der Waals surface area contributed by atoms with Crippen molar-refractivity contribution in [3.8, 4) is 5.75 Å². The van der Waals surface area contributed by atoms with Gasteiger partial charge in [-0.2, -0.15) is 10.2 Å². The number of alkyl carbamates (subject to hydrolysis) is 1. The summed E-state index contributed by atoms with van der Waals surface area (Å²) in [6, 6.07) is 23.5. The highest BCUT2D eigenvalue weighted by molar-refractivity contribution is 5.79. The summed E-state index contributed by atoms with van der Waals surface area (Å²) in [6.07, 6.45) is -0.692. The quantitative estimate of drug-likeness (QED) is 0.332. The van der Waals surface area contributed by atoms with E-state index in [4.69, 9.17) is 9.47 Å². The number of ether oxygens (including phenoxy) is 2. The van der Waals surface area contributed by atoms with Crippen LogP contribution >= 0.6 is 0 Å². The lowest BCUT2D eigenvalue weighted by molar-refractivity contribution is -0.133. The van der Waals surface area contributed by atoms with E-state index in [9.17, 15) is 9.59 Å². The van der Waals surface area contributed by atoms with Crippen LogP contribution in [-0.2, 0) is 16.1 Å². The molecule has 0 heterocycles. The van der Waals surface area contributed by atoms with Crippen molar-refractivity contribution >= 4 is 23.4 Å². The zero-order valence-corrected chi connectivity index (χ0v) is 16.4. The number of carbonyl (C=O) groups excluding carboxylic acids is 2. The smallest absolute Gasteiger partial charge is 0.407 e. The van der Waals surface area contributed by atoms with Gasteiger partial charge in [0.15, 0.2) is 0 Å². The normalized spacial score (nSPS) is 10.6. The first-order valence-corrected chi connectivity index (χ1v) is 9.32. The summed E-state index contributed by atoms with van der Waals surface area (Å²) in [6.45, 7) is 1.81. The fourth-order valence-electron chi connectivity index (χ4n) is 2.47. The Morgan fingerprint density at radius 2 is 1.60 bits per heavy atom. The van der Waals surface area contributed by atoms with Crippen molar-refractivity contribution in [1.82, 2.24) is 5.32 Å². The van der Waals surface area contributed by atoms with Crippen molar-refractivity contribution in [2.45, 2.75) is 13.5 Å². The Balaban J connectivity index is 1.42. The lowest BCUT2D eigenvalue weighted by Gasteiger charge is -2.07. The van der Waals surface area contributed by atoms with Crippen LogP contribution in [0, 0.1) is 6.92 Å². The van der Waals surface area contributed by atoms with Crippen LogP contribution in [0.25, 0.3) is 0 Å². The number of benzene rings is 3. The summed E-state index contributed by atoms with van der Waals surface area (Å²) in [5.41, 5.74) is 3.34. The zero-order valence-electron chi connectivity index (χ0n) is 16.4. The highest BCUT2D eigenvalue weighted by atomic mass is 16.6. The average Bonchev–Trinajstić information content (AvgIpc) is 2.76. The first-order chi connectivity index (χ1) is 14.6. The van der Waals surface area contributed by atoms with Gasteiger partial charge in [-0.05, 0) is 54.4 Å². The molecule has 7 heteroatoms. The van der Waals surface area contributed by atoms with Gasteiger partial charge < -0.3 is 14.8 Å². The molecule has 0 aliphatic heterocycles. The Morgan fingerprint density at radius 3 is 2.33 bits per heavy atom. The van der Waals surface area contributed by atoms with E-state index >= 15 is 0 Å². The summed E-state index contributed by atoms with van der Waals surface area (Å²) in [4.78, 5) is 23.5. The third-order valence-corrected chi connectivity index (χ3v) is 3.94. The predicted molar refractivity (Wildman–Crippen MR) is 112 cm³/mol. The molecule has 0 aliphatic rings. The number of hydrogen-bond acceptors (Lipinski definition) is 6. The van der Waals surface area contributed by atoms with Crippen LogP contribution in [0.3, 0.4) is 0 Å². The zero-order chi connectivity index (χ0) is 21.2. The van der Waals surface area contributed by atoms with Gasteiger partial charge >= 0.3 is 12.1 Å². The van der Waals surface area contributed by atoms with Crippen LogP contribution in [0.4, 0.5) is 16.2 Å². The molecule has 0 saturated carbocycles. The molecular formula is C23H21N3O4. The predicted octanol–water partition coefficient (Wildman–Crippen LogP) is 5.24. The SMILES string of the molecule is Cc1cccc(N=Nc2ccc(OC(=O)CNC(=O)OCc3ccccc3)cc2)c1. The molecule has 0 atom stereocenters. The van der Waals surface area contributed by atoms with Gasteiger partial charge in [0.05, 0.1) is 11.4 Å². The van der Waals surface area contributed by atoms with E-state index < -0.39 is 12.1 Å². The maximum atomic E-state index is 11.9. The second-order valence-electron chi connectivity index (χ2n) is 6.42. The highest BCUT2D eigenvalue weighted by Crippen LogP contribution is 2.21. The summed E-state index contributed by atoms with van der Waals surface area (Å²) in [5.74, 6) is -0.269. The largest absolute Gasteiger partial charge is 0.445 e. The Morgan fingerprint density at radius 1 is 0.867 bits per heavy atom. The van der Waals surface area contributed by atoms with Crippen molar-refractivity contribution in [2.24, 2.45) is 10.2 Å². The van der Waals surface area contributed by atoms with Gasteiger partial charge in [0.2, 0.25) is 0 Å². The van der Waals surface area contributed by atoms with Crippen molar-refractivity contribution in [3.63, 3.8) is 0 Å². The summed E-state index contributed by atoms with van der Waals surface area (Å²) < 4.78 is 10.2. The Hall–Kier alpha value is -4.00. The summed E-state index contributed by atoms with van der Waals surface area (Å²) in [7, 11) is 0. The van der Waals surface area contributed by atoms with Crippen LogP contribution in [0.2, 0.25) is 0 Å². The van der Waals surface area contributed by atoms with E-state index in [1.54, 1.807) is 24.3 Å². The molecule has 30 heavy (non-hydrogen) atoms. The molecule has 0 fully saturated rings. The number of rotatable bonds is 7. The molecule has 1 N–H and O–H groups in total. The number of amides is 1. The van der Waals surface area contributed by atoms with Gasteiger partial charge in [-0.3, -0.25) is 0 Å². The maximum Gasteiger partial charge on any atom is 0.407 e. The third kappa shape index (κ3) is 6.87. The second-order valence-corrected chi connectivity index (χ2v) is 6.42. The first kappa shape index (κ1) is 20.7. The topological polar surface area (TPSA) is 89.4 Å². The number of nitrogens with one attached hydrogen (secondary N) is 1. The van der Waals surface area contributed by atoms with Crippen molar-refractivity contribution in [3.05, 3.63) is 90.0 Å². The average molecular weight is 403 g/mol. The van der Waals surface area contributed by atoms with Gasteiger partial charge in [0, 0.05) is 0 Å². The fraction of sp³-hybridized carbons (Fsp3) is 0.130. The van der Waals surface area contributed by atoms with Gasteiger partial charge in [0.25, 0.3) is 0 Å². The molecule has 1 amide bonds. The molecule has 0 bridgehead atoms. The third-order valence-electron chi connectivity index (χ3n) is 3.94. The molecule has 152 valence electrons. The standard InChI is InChI=1S/C23H21N3O4/c1-17-6-5-9-20(14-17)26-25-19-10-12-21(13-11-19)30-22(27)15-24-23(28)29-16-18-7-3-2-4-8-18/h2-14H,15-16H2,1H3,(H,24,28). The monoisotopic (exact) mass is 403 g/mol. The molecule has 0 radical (unpaired) electrons. The second kappa shape index (κ2) is 10.5. The molecular weight excluding hydrogens is 382 g/mol. The Bertz CT molecular complexity index is 1020. The maximum absolute atomic E-state index is 11.9. The van der Waals surface area contributed by atoms with Crippen LogP contribution in [-0.4, -0.2) is 18.6 Å². The van der Waals surface area contributed by atoms with E-state index in [0.29, 0.717) is 11.4 Å². The molecule has 7 nitrogen and oxygen atoms in total. The van der Waals surface area contributed by atoms with Crippen molar-refractivity contribution in [2.75, 3.05) is 6.54 Å². The minimum Gasteiger partial charge on any atom is -0.445 e. The number of aryl methyl sites for hydroxylation is 1. The minimum atomic E-state index is -0.692. The van der Waals surface area contributed by atoms with E-state index in [1.807, 2.05) is 61.5 Å². The molecule has 3 aromatic rings. The number of azo groups is 1. The number of carbonyl (C=O) groups is 2. The molecule has 3 rings (SSSR count). The first-order valence-electron chi connectivity index (χ1n) is 9.32. The minimum absolute atomic E-state index is 0.125. The Kier molecular flexibility index (Phi) is 7.27. The van der Waals surface area contributed by atoms with Crippen molar-refractivity contribution < 1.29 is 19.1 Å². The van der Waals surface area contributed by atoms with Crippen molar-refractivity contribution in [1.29, 1.82) is 0 Å². The highest BCUT2D eigenvalue weighted by Gasteiger charge is 2.09. The Labute approximate surface area is 174 Å². The van der Waals surface area contributed by atoms with E-state index in [1.165, 1.54) is 0 Å². The van der Waals surface area contributed by atoms with Crippen LogP contribution < -0.4 is 10.1 Å². The number of esters is 1. The van der Waals surface area contributed by atoms with Crippen LogP contribution in [0.15, 0.2) is 89.1 Å². The van der Waals surface area contributed by atoms with Gasteiger partial charge in [-0.15, -0.1) is 0 Å². The molecule has 0 unspecified atom stereocenters. The van der Waals surface area contributed by atoms with Gasteiger partial charge in [-0.25, -0.2) is 9.59 Å². The fourth-order valence-corrected chi connectivity index (χ4v) is 2.47. The lowest BCUT2D eigenvalue weighted by Crippen LogP contribution is -2.32. The van der Waals surface area contributed by atoms with Gasteiger partial charge in [-0.1, -0.05) is 42.5 Å². The summed E-state index contributed by atoms with van der Waals surface area (Å²) in [5, 5.41) is 10.7. The molecule has 3 aromatic carbocycles. The van der Waals surface area contributed by atoms with Gasteiger partial charge in [0.1, 0.15) is 18.9 Å². The summed E-state index contributed by atoms with van der Waals surface area (Å²) >= 11 is 0. The number of hydrogen-bond donors (Lipinski definition) is 1. The molecule has 0 aliphatic carbocycles.